The van der Waals surface area contributed by atoms with Gasteiger partial charge < -0.3 is 10.5 Å². The van der Waals surface area contributed by atoms with Gasteiger partial charge in [-0.05, 0) is 54.4 Å². The summed E-state index contributed by atoms with van der Waals surface area (Å²) in [5.41, 5.74) is 9.22. The van der Waals surface area contributed by atoms with Crippen LogP contribution >= 0.6 is 0 Å². The lowest BCUT2D eigenvalue weighted by Gasteiger charge is -2.10. The van der Waals surface area contributed by atoms with Crippen molar-refractivity contribution in [3.05, 3.63) is 89.5 Å². The van der Waals surface area contributed by atoms with Crippen molar-refractivity contribution in [1.82, 2.24) is 4.72 Å². The lowest BCUT2D eigenvalue weighted by atomic mass is 10.2. The molecule has 0 atom stereocenters. The van der Waals surface area contributed by atoms with Crippen molar-refractivity contribution in [2.45, 2.75) is 25.0 Å². The number of hydrogen-bond donors (Lipinski definition) is 2. The summed E-state index contributed by atoms with van der Waals surface area (Å²) in [4.78, 5) is 0.184. The second-order valence-electron chi connectivity index (χ2n) is 6.32. The molecule has 0 radical (unpaired) electrons. The van der Waals surface area contributed by atoms with Gasteiger partial charge in [0.2, 0.25) is 10.0 Å². The molecule has 3 rings (SSSR count). The molecule has 0 saturated carbocycles. The summed E-state index contributed by atoms with van der Waals surface area (Å²) in [5.74, 6) is 0.694. The van der Waals surface area contributed by atoms with Gasteiger partial charge >= 0.3 is 0 Å². The number of nitrogens with one attached hydrogen (secondary N) is 1. The number of rotatable bonds is 7. The Balaban J connectivity index is 1.61. The van der Waals surface area contributed by atoms with E-state index in [0.29, 0.717) is 18.0 Å². The SMILES string of the molecule is Cc1ccc(COc2cccc(CNS(=O)(=O)c3ccc(N)cc3)c2)cc1. The predicted octanol–water partition coefficient (Wildman–Crippen LogP) is 3.63. The molecule has 0 unspecified atom stereocenters. The number of aryl methyl sites for hydroxylation is 1. The number of nitrogens with two attached hydrogens (primary N) is 1. The van der Waals surface area contributed by atoms with E-state index in [1.54, 1.807) is 12.1 Å². The van der Waals surface area contributed by atoms with Crippen molar-refractivity contribution in [1.29, 1.82) is 0 Å². The Kier molecular flexibility index (Phi) is 5.78. The second-order valence-corrected chi connectivity index (χ2v) is 8.08. The minimum absolute atomic E-state index is 0.175. The van der Waals surface area contributed by atoms with E-state index < -0.39 is 10.0 Å². The average Bonchev–Trinajstić information content (AvgIpc) is 2.67. The molecule has 0 aromatic heterocycles. The van der Waals surface area contributed by atoms with E-state index >= 15 is 0 Å². The van der Waals surface area contributed by atoms with E-state index in [2.05, 4.69) is 4.72 Å². The summed E-state index contributed by atoms with van der Waals surface area (Å²) in [6.45, 7) is 2.68. The monoisotopic (exact) mass is 382 g/mol. The average molecular weight is 382 g/mol. The third-order valence-electron chi connectivity index (χ3n) is 4.08. The first-order chi connectivity index (χ1) is 12.9. The van der Waals surface area contributed by atoms with Crippen LogP contribution in [0.5, 0.6) is 5.75 Å². The van der Waals surface area contributed by atoms with Gasteiger partial charge in [-0.25, -0.2) is 13.1 Å². The van der Waals surface area contributed by atoms with Crippen molar-refractivity contribution < 1.29 is 13.2 Å². The molecular formula is C21H22N2O3S. The van der Waals surface area contributed by atoms with Crippen LogP contribution in [0, 0.1) is 6.92 Å². The summed E-state index contributed by atoms with van der Waals surface area (Å²) in [6, 6.07) is 21.6. The first-order valence-corrected chi connectivity index (χ1v) is 10.0. The molecule has 3 aromatic carbocycles. The molecule has 140 valence electrons. The van der Waals surface area contributed by atoms with Gasteiger partial charge in [-0.2, -0.15) is 0 Å². The number of nitrogen functional groups attached to an aromatic ring is 1. The number of sulfonamides is 1. The number of benzene rings is 3. The van der Waals surface area contributed by atoms with Crippen LogP contribution in [-0.4, -0.2) is 8.42 Å². The van der Waals surface area contributed by atoms with Gasteiger partial charge in [0.05, 0.1) is 4.90 Å². The maximum Gasteiger partial charge on any atom is 0.240 e. The molecule has 0 heterocycles. The van der Waals surface area contributed by atoms with E-state index in [0.717, 1.165) is 11.1 Å². The molecule has 0 aliphatic carbocycles. The van der Waals surface area contributed by atoms with Crippen molar-refractivity contribution in [2.24, 2.45) is 0 Å². The highest BCUT2D eigenvalue weighted by molar-refractivity contribution is 7.89. The maximum atomic E-state index is 12.4. The van der Waals surface area contributed by atoms with Crippen molar-refractivity contribution in [3.63, 3.8) is 0 Å². The molecule has 0 bridgehead atoms. The zero-order valence-electron chi connectivity index (χ0n) is 15.1. The number of hydrogen-bond acceptors (Lipinski definition) is 4. The lowest BCUT2D eigenvalue weighted by Crippen LogP contribution is -2.23. The highest BCUT2D eigenvalue weighted by atomic mass is 32.2. The predicted molar refractivity (Wildman–Crippen MR) is 107 cm³/mol. The van der Waals surface area contributed by atoms with Crippen LogP contribution in [0.3, 0.4) is 0 Å². The summed E-state index contributed by atoms with van der Waals surface area (Å²) in [7, 11) is -3.59. The normalized spacial score (nSPS) is 11.3. The Labute approximate surface area is 159 Å². The quantitative estimate of drug-likeness (QED) is 0.611. The molecule has 0 fully saturated rings. The van der Waals surface area contributed by atoms with Gasteiger partial charge in [0.25, 0.3) is 0 Å². The zero-order chi connectivity index (χ0) is 19.3. The van der Waals surface area contributed by atoms with E-state index in [1.165, 1.54) is 17.7 Å². The summed E-state index contributed by atoms with van der Waals surface area (Å²) < 4.78 is 33.1. The molecule has 0 aliphatic heterocycles. The fourth-order valence-electron chi connectivity index (χ4n) is 2.50. The van der Waals surface area contributed by atoms with Crippen LogP contribution in [0.15, 0.2) is 77.7 Å². The van der Waals surface area contributed by atoms with Gasteiger partial charge in [0, 0.05) is 12.2 Å². The fourth-order valence-corrected chi connectivity index (χ4v) is 3.52. The maximum absolute atomic E-state index is 12.4. The first kappa shape index (κ1) is 18.9. The first-order valence-electron chi connectivity index (χ1n) is 8.55. The molecule has 27 heavy (non-hydrogen) atoms. The molecule has 0 spiro atoms. The van der Waals surface area contributed by atoms with E-state index in [4.69, 9.17) is 10.5 Å². The van der Waals surface area contributed by atoms with Gasteiger partial charge in [0.1, 0.15) is 12.4 Å². The van der Waals surface area contributed by atoms with E-state index in [1.807, 2.05) is 55.5 Å². The Morgan fingerprint density at radius 1 is 0.926 bits per heavy atom. The molecule has 0 aliphatic rings. The van der Waals surface area contributed by atoms with Crippen LogP contribution in [0.1, 0.15) is 16.7 Å². The fraction of sp³-hybridized carbons (Fsp3) is 0.143. The summed E-state index contributed by atoms with van der Waals surface area (Å²) >= 11 is 0. The molecule has 0 amide bonds. The zero-order valence-corrected chi connectivity index (χ0v) is 15.9. The van der Waals surface area contributed by atoms with Crippen molar-refractivity contribution in [3.8, 4) is 5.75 Å². The minimum atomic E-state index is -3.59. The van der Waals surface area contributed by atoms with E-state index in [-0.39, 0.29) is 11.4 Å². The highest BCUT2D eigenvalue weighted by Gasteiger charge is 2.13. The molecule has 3 aromatic rings. The molecule has 5 nitrogen and oxygen atoms in total. The van der Waals surface area contributed by atoms with Crippen LogP contribution in [-0.2, 0) is 23.2 Å². The van der Waals surface area contributed by atoms with Crippen LogP contribution in [0.4, 0.5) is 5.69 Å². The third kappa shape index (κ3) is 5.32. The number of anilines is 1. The number of ether oxygens (including phenoxy) is 1. The Morgan fingerprint density at radius 2 is 1.63 bits per heavy atom. The Hall–Kier alpha value is -2.83. The van der Waals surface area contributed by atoms with E-state index in [9.17, 15) is 8.42 Å². The van der Waals surface area contributed by atoms with Gasteiger partial charge in [0.15, 0.2) is 0 Å². The highest BCUT2D eigenvalue weighted by Crippen LogP contribution is 2.17. The third-order valence-corrected chi connectivity index (χ3v) is 5.50. The van der Waals surface area contributed by atoms with Crippen molar-refractivity contribution in [2.75, 3.05) is 5.73 Å². The van der Waals surface area contributed by atoms with Crippen LogP contribution in [0.2, 0.25) is 0 Å². The minimum Gasteiger partial charge on any atom is -0.489 e. The summed E-state index contributed by atoms with van der Waals surface area (Å²) in [5, 5.41) is 0. The summed E-state index contributed by atoms with van der Waals surface area (Å²) in [6.07, 6.45) is 0. The van der Waals surface area contributed by atoms with Gasteiger partial charge in [-0.1, -0.05) is 42.0 Å². The smallest absolute Gasteiger partial charge is 0.240 e. The second kappa shape index (κ2) is 8.24. The molecule has 3 N–H and O–H groups in total. The molecule has 6 heteroatoms. The topological polar surface area (TPSA) is 81.4 Å². The van der Waals surface area contributed by atoms with Crippen LogP contribution < -0.4 is 15.2 Å². The standard InChI is InChI=1S/C21H22N2O3S/c1-16-5-7-17(8-6-16)15-26-20-4-2-3-18(13-20)14-23-27(24,25)21-11-9-19(22)10-12-21/h2-13,23H,14-15,22H2,1H3. The Bertz CT molecular complexity index is 998. The van der Waals surface area contributed by atoms with Gasteiger partial charge in [-0.3, -0.25) is 0 Å². The lowest BCUT2D eigenvalue weighted by molar-refractivity contribution is 0.306. The largest absolute Gasteiger partial charge is 0.489 e. The van der Waals surface area contributed by atoms with Crippen molar-refractivity contribution >= 4 is 15.7 Å². The van der Waals surface area contributed by atoms with Gasteiger partial charge in [-0.15, -0.1) is 0 Å². The molecule has 0 saturated heterocycles. The van der Waals surface area contributed by atoms with Crippen LogP contribution in [0.25, 0.3) is 0 Å². The molecular weight excluding hydrogens is 360 g/mol. The Morgan fingerprint density at radius 3 is 2.33 bits per heavy atom.